The van der Waals surface area contributed by atoms with Gasteiger partial charge in [-0.15, -0.1) is 5.10 Å². The third-order valence-corrected chi connectivity index (χ3v) is 4.09. The molecule has 0 aliphatic heterocycles. The predicted octanol–water partition coefficient (Wildman–Crippen LogP) is 2.15. The first-order valence-corrected chi connectivity index (χ1v) is 8.85. The molecule has 0 aliphatic carbocycles. The number of ether oxygens (including phenoxy) is 1. The Balaban J connectivity index is 1.96. The fourth-order valence-electron chi connectivity index (χ4n) is 2.71. The zero-order valence-electron chi connectivity index (χ0n) is 15.9. The second-order valence-electron chi connectivity index (χ2n) is 6.16. The number of hydrogen-bond donors (Lipinski definition) is 1. The summed E-state index contributed by atoms with van der Waals surface area (Å²) in [5.74, 6) is -1.92. The number of aryl methyl sites for hydroxylation is 2. The molecule has 0 aliphatic rings. The van der Waals surface area contributed by atoms with Crippen LogP contribution < -0.4 is 5.32 Å². The number of amides is 1. The minimum atomic E-state index is -4.66. The number of esters is 1. The highest BCUT2D eigenvalue weighted by Gasteiger charge is 2.36. The van der Waals surface area contributed by atoms with E-state index in [1.807, 2.05) is 0 Å². The molecule has 0 saturated carbocycles. The Morgan fingerprint density at radius 2 is 1.89 bits per heavy atom. The van der Waals surface area contributed by atoms with Gasteiger partial charge in [-0.3, -0.25) is 9.59 Å². The third-order valence-electron chi connectivity index (χ3n) is 4.09. The lowest BCUT2D eigenvalue weighted by Crippen LogP contribution is -2.25. The van der Waals surface area contributed by atoms with E-state index in [1.165, 1.54) is 0 Å². The van der Waals surface area contributed by atoms with Crippen LogP contribution in [-0.4, -0.2) is 44.6 Å². The molecule has 2 rings (SSSR count). The van der Waals surface area contributed by atoms with Gasteiger partial charge in [-0.25, -0.2) is 9.50 Å². The van der Waals surface area contributed by atoms with E-state index in [0.29, 0.717) is 42.9 Å². The number of halogens is 3. The van der Waals surface area contributed by atoms with Crippen LogP contribution in [0.4, 0.5) is 13.2 Å². The van der Waals surface area contributed by atoms with E-state index in [4.69, 9.17) is 4.74 Å². The number of aromatic nitrogens is 4. The predicted molar refractivity (Wildman–Crippen MR) is 92.5 cm³/mol. The molecule has 28 heavy (non-hydrogen) atoms. The summed E-state index contributed by atoms with van der Waals surface area (Å²) < 4.78 is 44.3. The quantitative estimate of drug-likeness (QED) is 0.538. The zero-order valence-corrected chi connectivity index (χ0v) is 15.9. The minimum absolute atomic E-state index is 0.130. The zero-order chi connectivity index (χ0) is 20.9. The van der Waals surface area contributed by atoms with Gasteiger partial charge in [0.25, 0.3) is 11.6 Å². The van der Waals surface area contributed by atoms with Gasteiger partial charge in [0.15, 0.2) is 0 Å². The second-order valence-corrected chi connectivity index (χ2v) is 6.16. The van der Waals surface area contributed by atoms with Crippen molar-refractivity contribution >= 4 is 17.7 Å². The highest BCUT2D eigenvalue weighted by atomic mass is 19.4. The molecular weight excluding hydrogens is 379 g/mol. The Kier molecular flexibility index (Phi) is 6.92. The van der Waals surface area contributed by atoms with E-state index in [2.05, 4.69) is 20.4 Å². The summed E-state index contributed by atoms with van der Waals surface area (Å²) in [6, 6.07) is 0. The van der Waals surface area contributed by atoms with Crippen LogP contribution in [0.5, 0.6) is 0 Å². The molecule has 2 aromatic rings. The van der Waals surface area contributed by atoms with Crippen molar-refractivity contribution in [2.75, 3.05) is 13.2 Å². The third kappa shape index (κ3) is 5.40. The average Bonchev–Trinajstić information content (AvgIpc) is 3.03. The molecule has 0 radical (unpaired) electrons. The van der Waals surface area contributed by atoms with Crippen LogP contribution in [0.3, 0.4) is 0 Å². The Bertz CT molecular complexity index is 864. The fourth-order valence-corrected chi connectivity index (χ4v) is 2.71. The summed E-state index contributed by atoms with van der Waals surface area (Å²) in [6.07, 6.45) is -3.53. The van der Waals surface area contributed by atoms with Crippen molar-refractivity contribution in [2.45, 2.75) is 52.6 Å². The van der Waals surface area contributed by atoms with E-state index in [0.717, 1.165) is 4.52 Å². The Morgan fingerprint density at radius 1 is 1.18 bits per heavy atom. The summed E-state index contributed by atoms with van der Waals surface area (Å²) in [5, 5.41) is 6.18. The number of carbonyl (C=O) groups is 2. The standard InChI is InChI=1S/C17H22F3N5O3/c1-4-28-14(27)6-5-9-21-13(26)8-7-12-10(2)22-16-23-15(17(18,19)20)24-25(16)11(12)3/h4-9H2,1-3H3,(H,21,26). The molecule has 0 atom stereocenters. The highest BCUT2D eigenvalue weighted by molar-refractivity contribution is 5.76. The molecule has 0 bridgehead atoms. The van der Waals surface area contributed by atoms with E-state index in [1.54, 1.807) is 20.8 Å². The van der Waals surface area contributed by atoms with Gasteiger partial charge in [0.2, 0.25) is 5.91 Å². The lowest BCUT2D eigenvalue weighted by molar-refractivity contribution is -0.145. The van der Waals surface area contributed by atoms with Crippen molar-refractivity contribution in [3.8, 4) is 0 Å². The van der Waals surface area contributed by atoms with Crippen molar-refractivity contribution in [3.05, 3.63) is 22.8 Å². The van der Waals surface area contributed by atoms with E-state index >= 15 is 0 Å². The molecule has 0 spiro atoms. The van der Waals surface area contributed by atoms with Crippen molar-refractivity contribution in [3.63, 3.8) is 0 Å². The van der Waals surface area contributed by atoms with E-state index in [9.17, 15) is 22.8 Å². The van der Waals surface area contributed by atoms with Crippen LogP contribution in [0.15, 0.2) is 0 Å². The van der Waals surface area contributed by atoms with Crippen LogP contribution >= 0.6 is 0 Å². The molecule has 0 saturated heterocycles. The maximum absolute atomic E-state index is 12.8. The van der Waals surface area contributed by atoms with Gasteiger partial charge in [0.1, 0.15) is 0 Å². The van der Waals surface area contributed by atoms with Crippen LogP contribution in [0, 0.1) is 13.8 Å². The molecule has 0 aromatic carbocycles. The SMILES string of the molecule is CCOC(=O)CCCNC(=O)CCc1c(C)nc2nc(C(F)(F)F)nn2c1C. The van der Waals surface area contributed by atoms with Gasteiger partial charge in [-0.05, 0) is 39.2 Å². The lowest BCUT2D eigenvalue weighted by Gasteiger charge is -2.10. The highest BCUT2D eigenvalue weighted by Crippen LogP contribution is 2.27. The Hall–Kier alpha value is -2.72. The van der Waals surface area contributed by atoms with Crippen LogP contribution in [-0.2, 0) is 26.9 Å². The van der Waals surface area contributed by atoms with Gasteiger partial charge in [0.05, 0.1) is 6.61 Å². The van der Waals surface area contributed by atoms with Crippen LogP contribution in [0.1, 0.15) is 49.0 Å². The summed E-state index contributed by atoms with van der Waals surface area (Å²) in [5.41, 5.74) is 1.61. The number of carbonyl (C=O) groups excluding carboxylic acids is 2. The Labute approximate surface area is 159 Å². The normalized spacial score (nSPS) is 11.6. The molecule has 8 nitrogen and oxygen atoms in total. The summed E-state index contributed by atoms with van der Waals surface area (Å²) in [6.45, 7) is 5.65. The van der Waals surface area contributed by atoms with Gasteiger partial charge < -0.3 is 10.1 Å². The number of rotatable bonds is 8. The minimum Gasteiger partial charge on any atom is -0.466 e. The smallest absolute Gasteiger partial charge is 0.453 e. The van der Waals surface area contributed by atoms with E-state index < -0.39 is 12.0 Å². The molecule has 154 valence electrons. The van der Waals surface area contributed by atoms with Gasteiger partial charge in [0, 0.05) is 30.8 Å². The van der Waals surface area contributed by atoms with Crippen molar-refractivity contribution in [1.29, 1.82) is 0 Å². The van der Waals surface area contributed by atoms with Crippen molar-refractivity contribution in [1.82, 2.24) is 24.9 Å². The first kappa shape index (κ1) is 21.6. The molecule has 1 N–H and O–H groups in total. The largest absolute Gasteiger partial charge is 0.466 e. The summed E-state index contributed by atoms with van der Waals surface area (Å²) in [4.78, 5) is 30.7. The van der Waals surface area contributed by atoms with Gasteiger partial charge in [-0.1, -0.05) is 0 Å². The Morgan fingerprint density at radius 3 is 2.54 bits per heavy atom. The summed E-state index contributed by atoms with van der Waals surface area (Å²) >= 11 is 0. The summed E-state index contributed by atoms with van der Waals surface area (Å²) in [7, 11) is 0. The maximum Gasteiger partial charge on any atom is 0.453 e. The second kappa shape index (κ2) is 8.98. The van der Waals surface area contributed by atoms with E-state index in [-0.39, 0.29) is 30.5 Å². The van der Waals surface area contributed by atoms with Crippen molar-refractivity contribution < 1.29 is 27.5 Å². The number of nitrogens with zero attached hydrogens (tertiary/aromatic N) is 4. The molecular formula is C17H22F3N5O3. The first-order chi connectivity index (χ1) is 13.1. The van der Waals surface area contributed by atoms with Crippen molar-refractivity contribution in [2.24, 2.45) is 0 Å². The number of alkyl halides is 3. The molecule has 2 heterocycles. The number of fused-ring (bicyclic) bond motifs is 1. The van der Waals surface area contributed by atoms with Gasteiger partial charge >= 0.3 is 12.1 Å². The lowest BCUT2D eigenvalue weighted by atomic mass is 10.1. The molecule has 2 aromatic heterocycles. The topological polar surface area (TPSA) is 98.5 Å². The maximum atomic E-state index is 12.8. The molecule has 1 amide bonds. The number of hydrogen-bond acceptors (Lipinski definition) is 6. The average molecular weight is 401 g/mol. The molecule has 11 heteroatoms. The fraction of sp³-hybridized carbons (Fsp3) is 0.588. The monoisotopic (exact) mass is 401 g/mol. The first-order valence-electron chi connectivity index (χ1n) is 8.85. The number of nitrogens with one attached hydrogen (secondary N) is 1. The van der Waals surface area contributed by atoms with Crippen LogP contribution in [0.25, 0.3) is 5.78 Å². The molecule has 0 unspecified atom stereocenters. The molecule has 0 fully saturated rings. The van der Waals surface area contributed by atoms with Crippen LogP contribution in [0.2, 0.25) is 0 Å². The van der Waals surface area contributed by atoms with Gasteiger partial charge in [-0.2, -0.15) is 18.2 Å².